The molecule has 0 unspecified atom stereocenters. The molecule has 1 aliphatic heterocycles. The van der Waals surface area contributed by atoms with Crippen molar-refractivity contribution in [2.75, 3.05) is 34.5 Å². The Kier molecular flexibility index (Phi) is 9.61. The van der Waals surface area contributed by atoms with Gasteiger partial charge in [-0.2, -0.15) is 0 Å². The third-order valence-corrected chi connectivity index (χ3v) is 6.71. The summed E-state index contributed by atoms with van der Waals surface area (Å²) in [6, 6.07) is 15.8. The van der Waals surface area contributed by atoms with Gasteiger partial charge in [0.15, 0.2) is 11.5 Å². The molecule has 1 atom stereocenters. The van der Waals surface area contributed by atoms with Gasteiger partial charge in [-0.05, 0) is 61.2 Å². The summed E-state index contributed by atoms with van der Waals surface area (Å²) in [7, 11) is 4.64. The van der Waals surface area contributed by atoms with E-state index < -0.39 is 6.04 Å². The Morgan fingerprint density at radius 1 is 0.974 bits per heavy atom. The second-order valence-electron chi connectivity index (χ2n) is 9.21. The average Bonchev–Trinajstić information content (AvgIpc) is 3.20. The number of methoxy groups -OCH3 is 3. The number of nitrogens with zero attached hydrogens (tertiary/aromatic N) is 2. The minimum atomic E-state index is -0.618. The Morgan fingerprint density at radius 3 is 2.56 bits per heavy atom. The van der Waals surface area contributed by atoms with Gasteiger partial charge in [0.25, 0.3) is 5.91 Å². The topological polar surface area (TPSA) is 99.2 Å². The number of amides is 2. The summed E-state index contributed by atoms with van der Waals surface area (Å²) in [5.41, 5.74) is 2.11. The number of benzene rings is 2. The fourth-order valence-corrected chi connectivity index (χ4v) is 4.61. The molecular formula is C30H35N3O6. The summed E-state index contributed by atoms with van der Waals surface area (Å²) >= 11 is 0. The first kappa shape index (κ1) is 27.8. The molecule has 0 saturated carbocycles. The average molecular weight is 534 g/mol. The largest absolute Gasteiger partial charge is 0.497 e. The van der Waals surface area contributed by atoms with Crippen molar-refractivity contribution in [2.24, 2.45) is 0 Å². The molecule has 1 aromatic heterocycles. The number of carbonyl (C=O) groups is 2. The van der Waals surface area contributed by atoms with Crippen LogP contribution in [-0.2, 0) is 17.8 Å². The van der Waals surface area contributed by atoms with Crippen molar-refractivity contribution in [3.8, 4) is 23.0 Å². The van der Waals surface area contributed by atoms with Crippen molar-refractivity contribution < 1.29 is 28.5 Å². The maximum Gasteiger partial charge on any atom is 0.258 e. The molecule has 4 rings (SSSR count). The van der Waals surface area contributed by atoms with Gasteiger partial charge in [0, 0.05) is 37.5 Å². The summed E-state index contributed by atoms with van der Waals surface area (Å²) in [6.45, 7) is 1.25. The number of pyridine rings is 1. The van der Waals surface area contributed by atoms with Crippen LogP contribution in [0.5, 0.6) is 23.0 Å². The fourth-order valence-electron chi connectivity index (χ4n) is 4.61. The van der Waals surface area contributed by atoms with Gasteiger partial charge in [-0.25, -0.2) is 0 Å². The van der Waals surface area contributed by atoms with Crippen LogP contribution in [0.3, 0.4) is 0 Å². The summed E-state index contributed by atoms with van der Waals surface area (Å²) in [5, 5.41) is 2.95. The molecule has 2 heterocycles. The van der Waals surface area contributed by atoms with Gasteiger partial charge in [-0.15, -0.1) is 0 Å². The quantitative estimate of drug-likeness (QED) is 0.397. The van der Waals surface area contributed by atoms with Crippen LogP contribution in [0.15, 0.2) is 60.8 Å². The third-order valence-electron chi connectivity index (χ3n) is 6.71. The lowest BCUT2D eigenvalue weighted by Crippen LogP contribution is -2.48. The normalized spacial score (nSPS) is 15.1. The monoisotopic (exact) mass is 533 g/mol. The SMILES string of the molecule is COc1ccc(C(=O)N(Cc2ccc(OCCc3ccccn3)c(OC)c2)[C@H]2CCCCNC2=O)c(OC)c1. The number of hydrogen-bond acceptors (Lipinski definition) is 7. The predicted octanol–water partition coefficient (Wildman–Crippen LogP) is 4.04. The van der Waals surface area contributed by atoms with E-state index in [1.54, 1.807) is 43.5 Å². The Bertz CT molecular complexity index is 1270. The summed E-state index contributed by atoms with van der Waals surface area (Å²) in [4.78, 5) is 32.9. The molecule has 206 valence electrons. The van der Waals surface area contributed by atoms with Crippen molar-refractivity contribution in [2.45, 2.75) is 38.3 Å². The standard InChI is InChI=1S/C30H35N3O6/c1-36-23-11-12-24(27(19-23)37-2)30(35)33(25-9-5-7-16-32-29(25)34)20-21-10-13-26(28(18-21)38-3)39-17-14-22-8-4-6-15-31-22/h4,6,8,10-13,15,18-19,25H,5,7,9,14,16-17,20H2,1-3H3,(H,32,34)/t25-/m0/s1. The number of hydrogen-bond donors (Lipinski definition) is 1. The Labute approximate surface area is 229 Å². The molecule has 1 fully saturated rings. The van der Waals surface area contributed by atoms with Crippen molar-refractivity contribution in [3.63, 3.8) is 0 Å². The molecule has 0 radical (unpaired) electrons. The molecule has 0 spiro atoms. The van der Waals surface area contributed by atoms with Gasteiger partial charge in [0.05, 0.1) is 33.5 Å². The van der Waals surface area contributed by atoms with Gasteiger partial charge in [0.2, 0.25) is 5.91 Å². The van der Waals surface area contributed by atoms with Gasteiger partial charge < -0.3 is 29.2 Å². The third kappa shape index (κ3) is 6.98. The minimum absolute atomic E-state index is 0.158. The van der Waals surface area contributed by atoms with Crippen LogP contribution >= 0.6 is 0 Å². The zero-order valence-corrected chi connectivity index (χ0v) is 22.6. The molecule has 0 bridgehead atoms. The molecule has 2 aromatic carbocycles. The molecule has 1 saturated heterocycles. The van der Waals surface area contributed by atoms with E-state index in [9.17, 15) is 9.59 Å². The van der Waals surface area contributed by atoms with Crippen LogP contribution < -0.4 is 24.3 Å². The van der Waals surface area contributed by atoms with Gasteiger partial charge in [-0.1, -0.05) is 12.1 Å². The molecule has 1 N–H and O–H groups in total. The lowest BCUT2D eigenvalue weighted by Gasteiger charge is -2.31. The number of rotatable bonds is 11. The predicted molar refractivity (Wildman–Crippen MR) is 146 cm³/mol. The highest BCUT2D eigenvalue weighted by atomic mass is 16.5. The molecule has 3 aromatic rings. The van der Waals surface area contributed by atoms with Crippen LogP contribution in [0.2, 0.25) is 0 Å². The van der Waals surface area contributed by atoms with Crippen LogP contribution in [0.1, 0.15) is 40.9 Å². The van der Waals surface area contributed by atoms with Gasteiger partial charge >= 0.3 is 0 Å². The summed E-state index contributed by atoms with van der Waals surface area (Å²) < 4.78 is 22.4. The van der Waals surface area contributed by atoms with Gasteiger partial charge in [-0.3, -0.25) is 14.6 Å². The van der Waals surface area contributed by atoms with E-state index >= 15 is 0 Å². The highest BCUT2D eigenvalue weighted by Crippen LogP contribution is 2.31. The molecule has 39 heavy (non-hydrogen) atoms. The molecule has 9 heteroatoms. The van der Waals surface area contributed by atoms with Crippen LogP contribution in [0.25, 0.3) is 0 Å². The van der Waals surface area contributed by atoms with Crippen molar-refractivity contribution in [3.05, 3.63) is 77.6 Å². The summed E-state index contributed by atoms with van der Waals surface area (Å²) in [5.74, 6) is 1.64. The Balaban J connectivity index is 1.58. The van der Waals surface area contributed by atoms with Crippen molar-refractivity contribution >= 4 is 11.8 Å². The Morgan fingerprint density at radius 2 is 1.82 bits per heavy atom. The zero-order valence-electron chi connectivity index (χ0n) is 22.6. The lowest BCUT2D eigenvalue weighted by molar-refractivity contribution is -0.125. The maximum absolute atomic E-state index is 13.9. The molecule has 9 nitrogen and oxygen atoms in total. The van der Waals surface area contributed by atoms with E-state index in [-0.39, 0.29) is 18.4 Å². The van der Waals surface area contributed by atoms with E-state index in [0.717, 1.165) is 24.1 Å². The van der Waals surface area contributed by atoms with Crippen molar-refractivity contribution in [1.82, 2.24) is 15.2 Å². The highest BCUT2D eigenvalue weighted by molar-refractivity contribution is 6.00. The molecule has 1 aliphatic rings. The van der Waals surface area contributed by atoms with E-state index in [1.165, 1.54) is 7.11 Å². The summed E-state index contributed by atoms with van der Waals surface area (Å²) in [6.07, 6.45) is 4.69. The number of carbonyl (C=O) groups excluding carboxylic acids is 2. The highest BCUT2D eigenvalue weighted by Gasteiger charge is 2.33. The van der Waals surface area contributed by atoms with E-state index in [0.29, 0.717) is 54.6 Å². The number of nitrogens with one attached hydrogen (secondary N) is 1. The smallest absolute Gasteiger partial charge is 0.258 e. The second kappa shape index (κ2) is 13.5. The van der Waals surface area contributed by atoms with Crippen LogP contribution in [-0.4, -0.2) is 62.2 Å². The number of ether oxygens (including phenoxy) is 4. The van der Waals surface area contributed by atoms with E-state index in [2.05, 4.69) is 10.3 Å². The second-order valence-corrected chi connectivity index (χ2v) is 9.21. The van der Waals surface area contributed by atoms with E-state index in [4.69, 9.17) is 18.9 Å². The number of aromatic nitrogens is 1. The zero-order chi connectivity index (χ0) is 27.6. The molecule has 2 amide bonds. The first-order chi connectivity index (χ1) is 19.0. The fraction of sp³-hybridized carbons (Fsp3) is 0.367. The molecule has 0 aliphatic carbocycles. The van der Waals surface area contributed by atoms with Crippen LogP contribution in [0.4, 0.5) is 0 Å². The molecular weight excluding hydrogens is 498 g/mol. The first-order valence-corrected chi connectivity index (χ1v) is 13.0. The maximum atomic E-state index is 13.9. The Hall–Kier alpha value is -4.27. The minimum Gasteiger partial charge on any atom is -0.497 e. The van der Waals surface area contributed by atoms with Crippen LogP contribution in [0, 0.1) is 0 Å². The first-order valence-electron chi connectivity index (χ1n) is 13.0. The van der Waals surface area contributed by atoms with Gasteiger partial charge in [0.1, 0.15) is 17.5 Å². The lowest BCUT2D eigenvalue weighted by atomic mass is 10.0. The van der Waals surface area contributed by atoms with E-state index in [1.807, 2.05) is 36.4 Å². The van der Waals surface area contributed by atoms with Crippen molar-refractivity contribution in [1.29, 1.82) is 0 Å².